The minimum Gasteiger partial charge on any atom is -0.489 e. The third kappa shape index (κ3) is 9.06. The predicted molar refractivity (Wildman–Crippen MR) is 105 cm³/mol. The van der Waals surface area contributed by atoms with Crippen LogP contribution in [0.15, 0.2) is 29.3 Å². The molecule has 1 aliphatic rings. The van der Waals surface area contributed by atoms with Gasteiger partial charge in [-0.25, -0.2) is 9.38 Å². The Morgan fingerprint density at radius 1 is 1.41 bits per heavy atom. The normalized spacial score (nSPS) is 18.3. The van der Waals surface area contributed by atoms with Gasteiger partial charge < -0.3 is 24.8 Å². The molecule has 2 unspecified atom stereocenters. The predicted octanol–water partition coefficient (Wildman–Crippen LogP) is 2.73. The fourth-order valence-corrected chi connectivity index (χ4v) is 2.74. The van der Waals surface area contributed by atoms with E-state index >= 15 is 0 Å². The van der Waals surface area contributed by atoms with Gasteiger partial charge in [0.25, 0.3) is 0 Å². The number of halogens is 1. The average Bonchev–Trinajstić information content (AvgIpc) is 3.16. The van der Waals surface area contributed by atoms with E-state index in [9.17, 15) is 4.39 Å². The number of nitrogens with zero attached hydrogens (tertiary/aromatic N) is 1. The van der Waals surface area contributed by atoms with Crippen LogP contribution >= 0.6 is 0 Å². The van der Waals surface area contributed by atoms with Gasteiger partial charge in [0.1, 0.15) is 17.7 Å². The average molecular weight is 381 g/mol. The lowest BCUT2D eigenvalue weighted by Gasteiger charge is -2.15. The maximum Gasteiger partial charge on any atom is 0.191 e. The maximum atomic E-state index is 13.2. The van der Waals surface area contributed by atoms with Gasteiger partial charge in [-0.2, -0.15) is 0 Å². The zero-order valence-electron chi connectivity index (χ0n) is 16.4. The van der Waals surface area contributed by atoms with Crippen molar-refractivity contribution in [3.63, 3.8) is 0 Å². The second-order valence-electron chi connectivity index (χ2n) is 6.60. The Balaban J connectivity index is 1.63. The second-order valence-corrected chi connectivity index (χ2v) is 6.60. The van der Waals surface area contributed by atoms with Gasteiger partial charge in [-0.05, 0) is 45.2 Å². The largest absolute Gasteiger partial charge is 0.489 e. The molecular weight excluding hydrogens is 349 g/mol. The molecule has 152 valence electrons. The number of nitrogens with one attached hydrogen (secondary N) is 2. The molecule has 1 saturated heterocycles. The van der Waals surface area contributed by atoms with Gasteiger partial charge in [-0.1, -0.05) is 6.07 Å². The van der Waals surface area contributed by atoms with Crippen LogP contribution in [-0.2, 0) is 9.47 Å². The maximum absolute atomic E-state index is 13.2. The minimum atomic E-state index is -0.306. The fraction of sp³-hybridized carbons (Fsp3) is 0.650. The summed E-state index contributed by atoms with van der Waals surface area (Å²) in [6.45, 7) is 8.21. The van der Waals surface area contributed by atoms with Crippen molar-refractivity contribution in [2.24, 2.45) is 4.99 Å². The highest BCUT2D eigenvalue weighted by atomic mass is 19.1. The van der Waals surface area contributed by atoms with E-state index in [-0.39, 0.29) is 18.0 Å². The molecule has 0 bridgehead atoms. The van der Waals surface area contributed by atoms with Crippen molar-refractivity contribution in [2.75, 3.05) is 39.5 Å². The molecule has 1 aliphatic heterocycles. The molecule has 2 atom stereocenters. The van der Waals surface area contributed by atoms with Gasteiger partial charge >= 0.3 is 0 Å². The summed E-state index contributed by atoms with van der Waals surface area (Å²) in [5, 5.41) is 6.50. The monoisotopic (exact) mass is 381 g/mol. The SMILES string of the molecule is CCNC(=NCC(C)Oc1cccc(F)c1)NCCCOCC1CCCO1. The lowest BCUT2D eigenvalue weighted by molar-refractivity contribution is 0.0168. The zero-order valence-corrected chi connectivity index (χ0v) is 16.4. The van der Waals surface area contributed by atoms with Crippen LogP contribution in [0.1, 0.15) is 33.1 Å². The van der Waals surface area contributed by atoms with Crippen molar-refractivity contribution in [3.05, 3.63) is 30.1 Å². The molecule has 1 fully saturated rings. The molecule has 0 spiro atoms. The van der Waals surface area contributed by atoms with Crippen molar-refractivity contribution in [2.45, 2.75) is 45.3 Å². The summed E-state index contributed by atoms with van der Waals surface area (Å²) in [5.74, 6) is 0.949. The number of guanidine groups is 1. The summed E-state index contributed by atoms with van der Waals surface area (Å²) in [7, 11) is 0. The summed E-state index contributed by atoms with van der Waals surface area (Å²) in [6, 6.07) is 6.14. The lowest BCUT2D eigenvalue weighted by atomic mass is 10.2. The summed E-state index contributed by atoms with van der Waals surface area (Å²) in [4.78, 5) is 4.53. The minimum absolute atomic E-state index is 0.156. The fourth-order valence-electron chi connectivity index (χ4n) is 2.74. The van der Waals surface area contributed by atoms with Crippen LogP contribution in [0.2, 0.25) is 0 Å². The van der Waals surface area contributed by atoms with Crippen molar-refractivity contribution >= 4 is 5.96 Å². The summed E-state index contributed by atoms with van der Waals surface area (Å²) >= 11 is 0. The van der Waals surface area contributed by atoms with Crippen LogP contribution in [0.5, 0.6) is 5.75 Å². The highest BCUT2D eigenvalue weighted by Crippen LogP contribution is 2.14. The van der Waals surface area contributed by atoms with Gasteiger partial charge in [0, 0.05) is 32.4 Å². The highest BCUT2D eigenvalue weighted by molar-refractivity contribution is 5.79. The van der Waals surface area contributed by atoms with Gasteiger partial charge in [-0.3, -0.25) is 0 Å². The van der Waals surface area contributed by atoms with Crippen molar-refractivity contribution in [1.29, 1.82) is 0 Å². The van der Waals surface area contributed by atoms with E-state index in [0.29, 0.717) is 25.5 Å². The topological polar surface area (TPSA) is 64.1 Å². The number of aliphatic imine (C=N–C) groups is 1. The Morgan fingerprint density at radius 2 is 2.30 bits per heavy atom. The third-order valence-corrected chi connectivity index (χ3v) is 4.07. The first kappa shape index (κ1) is 21.4. The quantitative estimate of drug-likeness (QED) is 0.351. The van der Waals surface area contributed by atoms with E-state index in [1.165, 1.54) is 12.1 Å². The van der Waals surface area contributed by atoms with Crippen LogP contribution in [0.3, 0.4) is 0 Å². The van der Waals surface area contributed by atoms with E-state index in [0.717, 1.165) is 44.9 Å². The van der Waals surface area contributed by atoms with E-state index in [1.54, 1.807) is 12.1 Å². The second kappa shape index (κ2) is 12.5. The van der Waals surface area contributed by atoms with Gasteiger partial charge in [0.15, 0.2) is 5.96 Å². The number of rotatable bonds is 11. The molecule has 0 radical (unpaired) electrons. The molecular formula is C20H32FN3O3. The van der Waals surface area contributed by atoms with Crippen LogP contribution in [0.25, 0.3) is 0 Å². The van der Waals surface area contributed by atoms with Crippen LogP contribution in [0, 0.1) is 5.82 Å². The standard InChI is InChI=1S/C20H32FN3O3/c1-3-22-20(23-10-6-11-25-15-19-9-5-12-26-19)24-14-16(2)27-18-8-4-7-17(21)13-18/h4,7-8,13,16,19H,3,5-6,9-12,14-15H2,1-2H3,(H2,22,23,24). The summed E-state index contributed by atoms with van der Waals surface area (Å²) < 4.78 is 30.1. The molecule has 1 aromatic carbocycles. The lowest BCUT2D eigenvalue weighted by Crippen LogP contribution is -2.38. The number of hydrogen-bond donors (Lipinski definition) is 2. The van der Waals surface area contributed by atoms with Gasteiger partial charge in [0.2, 0.25) is 0 Å². The first-order valence-corrected chi connectivity index (χ1v) is 9.81. The molecule has 27 heavy (non-hydrogen) atoms. The Morgan fingerprint density at radius 3 is 3.04 bits per heavy atom. The molecule has 7 heteroatoms. The van der Waals surface area contributed by atoms with Gasteiger partial charge in [0.05, 0.1) is 19.3 Å². The van der Waals surface area contributed by atoms with E-state index in [2.05, 4.69) is 15.6 Å². The van der Waals surface area contributed by atoms with Crippen LogP contribution in [-0.4, -0.2) is 57.6 Å². The van der Waals surface area contributed by atoms with Crippen molar-refractivity contribution in [3.8, 4) is 5.75 Å². The molecule has 2 rings (SSSR count). The van der Waals surface area contributed by atoms with Crippen LogP contribution in [0.4, 0.5) is 4.39 Å². The Hall–Kier alpha value is -1.86. The zero-order chi connectivity index (χ0) is 19.3. The Kier molecular flexibility index (Phi) is 9.94. The third-order valence-electron chi connectivity index (χ3n) is 4.07. The molecule has 1 heterocycles. The Bertz CT molecular complexity index is 565. The first-order valence-electron chi connectivity index (χ1n) is 9.81. The number of benzene rings is 1. The van der Waals surface area contributed by atoms with Crippen molar-refractivity contribution < 1.29 is 18.6 Å². The molecule has 0 amide bonds. The smallest absolute Gasteiger partial charge is 0.191 e. The summed E-state index contributed by atoms with van der Waals surface area (Å²) in [5.41, 5.74) is 0. The highest BCUT2D eigenvalue weighted by Gasteiger charge is 2.14. The number of hydrogen-bond acceptors (Lipinski definition) is 4. The molecule has 1 aromatic rings. The molecule has 0 aliphatic carbocycles. The molecule has 0 aromatic heterocycles. The molecule has 2 N–H and O–H groups in total. The van der Waals surface area contributed by atoms with E-state index in [4.69, 9.17) is 14.2 Å². The van der Waals surface area contributed by atoms with Crippen LogP contribution < -0.4 is 15.4 Å². The van der Waals surface area contributed by atoms with Gasteiger partial charge in [-0.15, -0.1) is 0 Å². The number of ether oxygens (including phenoxy) is 3. The van der Waals surface area contributed by atoms with E-state index in [1.807, 2.05) is 13.8 Å². The summed E-state index contributed by atoms with van der Waals surface area (Å²) in [6.07, 6.45) is 3.26. The van der Waals surface area contributed by atoms with Crippen molar-refractivity contribution in [1.82, 2.24) is 10.6 Å². The molecule has 6 nitrogen and oxygen atoms in total. The first-order chi connectivity index (χ1) is 13.2. The van der Waals surface area contributed by atoms with E-state index < -0.39 is 0 Å². The Labute approximate surface area is 161 Å². The molecule has 0 saturated carbocycles.